The Balaban J connectivity index is 1.38. The second kappa shape index (κ2) is 9.26. The summed E-state index contributed by atoms with van der Waals surface area (Å²) in [6.07, 6.45) is 2.45. The number of hydrogen-bond acceptors (Lipinski definition) is 3. The predicted octanol–water partition coefficient (Wildman–Crippen LogP) is 4.26. The largest absolute Gasteiger partial charge is 0.492 e. The summed E-state index contributed by atoms with van der Waals surface area (Å²) < 4.78 is 18.2. The zero-order valence-corrected chi connectivity index (χ0v) is 15.6. The number of benzene rings is 2. The highest BCUT2D eigenvalue weighted by Gasteiger charge is 2.15. The third kappa shape index (κ3) is 5.88. The second-order valence-corrected chi connectivity index (χ2v) is 6.90. The summed E-state index contributed by atoms with van der Waals surface area (Å²) >= 11 is 0. The lowest BCUT2D eigenvalue weighted by molar-refractivity contribution is 0.247. The number of hydrogen-bond donors (Lipinski definition) is 2. The number of amides is 2. The highest BCUT2D eigenvalue weighted by molar-refractivity contribution is 5.89. The van der Waals surface area contributed by atoms with Crippen LogP contribution in [0.4, 0.5) is 20.6 Å². The minimum Gasteiger partial charge on any atom is -0.492 e. The summed E-state index contributed by atoms with van der Waals surface area (Å²) in [6.45, 7) is 5.14. The Kier molecular flexibility index (Phi) is 6.52. The molecule has 0 radical (unpaired) electrons. The molecule has 0 aromatic heterocycles. The van der Waals surface area contributed by atoms with Crippen LogP contribution in [0.15, 0.2) is 48.5 Å². The normalized spacial score (nSPS) is 14.7. The number of ether oxygens (including phenoxy) is 1. The molecule has 2 N–H and O–H groups in total. The van der Waals surface area contributed by atoms with Crippen LogP contribution in [0.5, 0.6) is 5.75 Å². The van der Waals surface area contributed by atoms with E-state index in [0.29, 0.717) is 18.9 Å². The summed E-state index contributed by atoms with van der Waals surface area (Å²) in [5.41, 5.74) is 1.95. The highest BCUT2D eigenvalue weighted by atomic mass is 19.1. The third-order valence-electron chi connectivity index (χ3n) is 4.74. The topological polar surface area (TPSA) is 53.6 Å². The maximum atomic E-state index is 12.8. The molecule has 1 fully saturated rings. The average Bonchev–Trinajstić information content (AvgIpc) is 2.68. The van der Waals surface area contributed by atoms with Gasteiger partial charge in [-0.3, -0.25) is 0 Å². The Morgan fingerprint density at radius 1 is 1.11 bits per heavy atom. The lowest BCUT2D eigenvalue weighted by atomic mass is 9.99. The van der Waals surface area contributed by atoms with Crippen LogP contribution in [0.1, 0.15) is 19.8 Å². The second-order valence-electron chi connectivity index (χ2n) is 6.90. The molecule has 0 saturated carbocycles. The molecular weight excluding hydrogens is 345 g/mol. The first-order valence-electron chi connectivity index (χ1n) is 9.38. The van der Waals surface area contributed by atoms with Crippen molar-refractivity contribution in [3.05, 3.63) is 54.3 Å². The van der Waals surface area contributed by atoms with Gasteiger partial charge in [-0.2, -0.15) is 0 Å². The molecule has 6 heteroatoms. The number of urea groups is 1. The quantitative estimate of drug-likeness (QED) is 0.746. The van der Waals surface area contributed by atoms with E-state index in [1.807, 2.05) is 24.3 Å². The van der Waals surface area contributed by atoms with Gasteiger partial charge >= 0.3 is 6.03 Å². The zero-order chi connectivity index (χ0) is 19.1. The molecular formula is C21H26FN3O2. The molecule has 1 heterocycles. The van der Waals surface area contributed by atoms with Crippen LogP contribution < -0.4 is 20.3 Å². The van der Waals surface area contributed by atoms with Gasteiger partial charge in [-0.25, -0.2) is 9.18 Å². The SMILES string of the molecule is CC1CCN(c2ccc(NC(=O)NCCOc3ccc(F)cc3)cc2)CC1. The number of anilines is 2. The molecule has 1 aliphatic rings. The van der Waals surface area contributed by atoms with Crippen LogP contribution in [0.2, 0.25) is 0 Å². The number of carbonyl (C=O) groups is 1. The van der Waals surface area contributed by atoms with E-state index in [-0.39, 0.29) is 11.8 Å². The van der Waals surface area contributed by atoms with E-state index >= 15 is 0 Å². The van der Waals surface area contributed by atoms with Gasteiger partial charge in [-0.05, 0) is 67.3 Å². The number of piperidine rings is 1. The van der Waals surface area contributed by atoms with Gasteiger partial charge < -0.3 is 20.3 Å². The summed E-state index contributed by atoms with van der Waals surface area (Å²) in [5.74, 6) is 1.07. The molecule has 27 heavy (non-hydrogen) atoms. The van der Waals surface area contributed by atoms with Crippen molar-refractivity contribution in [2.75, 3.05) is 36.5 Å². The molecule has 0 bridgehead atoms. The molecule has 2 aromatic carbocycles. The van der Waals surface area contributed by atoms with Crippen molar-refractivity contribution < 1.29 is 13.9 Å². The van der Waals surface area contributed by atoms with E-state index < -0.39 is 0 Å². The molecule has 3 rings (SSSR count). The van der Waals surface area contributed by atoms with Gasteiger partial charge in [0, 0.05) is 24.5 Å². The molecule has 5 nitrogen and oxygen atoms in total. The minimum atomic E-state index is -0.305. The number of halogens is 1. The summed E-state index contributed by atoms with van der Waals surface area (Å²) in [6, 6.07) is 13.4. The van der Waals surface area contributed by atoms with Crippen LogP contribution >= 0.6 is 0 Å². The maximum absolute atomic E-state index is 12.8. The van der Waals surface area contributed by atoms with Crippen molar-refractivity contribution in [1.82, 2.24) is 5.32 Å². The lowest BCUT2D eigenvalue weighted by Gasteiger charge is -2.32. The van der Waals surface area contributed by atoms with Gasteiger partial charge in [0.25, 0.3) is 0 Å². The Labute approximate surface area is 159 Å². The predicted molar refractivity (Wildman–Crippen MR) is 106 cm³/mol. The maximum Gasteiger partial charge on any atom is 0.319 e. The molecule has 0 spiro atoms. The fourth-order valence-corrected chi connectivity index (χ4v) is 3.06. The first-order valence-corrected chi connectivity index (χ1v) is 9.38. The van der Waals surface area contributed by atoms with Crippen molar-refractivity contribution >= 4 is 17.4 Å². The van der Waals surface area contributed by atoms with Crippen molar-refractivity contribution in [3.63, 3.8) is 0 Å². The van der Waals surface area contributed by atoms with Gasteiger partial charge in [0.2, 0.25) is 0 Å². The first kappa shape index (κ1) is 19.0. The number of nitrogens with zero attached hydrogens (tertiary/aromatic N) is 1. The van der Waals surface area contributed by atoms with Gasteiger partial charge in [0.15, 0.2) is 0 Å². The van der Waals surface area contributed by atoms with Gasteiger partial charge in [-0.15, -0.1) is 0 Å². The average molecular weight is 371 g/mol. The lowest BCUT2D eigenvalue weighted by Crippen LogP contribution is -2.33. The van der Waals surface area contributed by atoms with Crippen LogP contribution in [0.25, 0.3) is 0 Å². The number of nitrogens with one attached hydrogen (secondary N) is 2. The minimum absolute atomic E-state index is 0.280. The summed E-state index contributed by atoms with van der Waals surface area (Å²) in [5, 5.41) is 5.55. The van der Waals surface area contributed by atoms with Crippen molar-refractivity contribution in [2.24, 2.45) is 5.92 Å². The molecule has 0 aliphatic carbocycles. The van der Waals surface area contributed by atoms with E-state index in [2.05, 4.69) is 22.5 Å². The summed E-state index contributed by atoms with van der Waals surface area (Å²) in [7, 11) is 0. The fourth-order valence-electron chi connectivity index (χ4n) is 3.06. The number of carbonyl (C=O) groups excluding carboxylic acids is 1. The van der Waals surface area contributed by atoms with Crippen molar-refractivity contribution in [3.8, 4) is 5.75 Å². The number of rotatable bonds is 6. The van der Waals surface area contributed by atoms with Crippen molar-refractivity contribution in [1.29, 1.82) is 0 Å². The smallest absolute Gasteiger partial charge is 0.319 e. The van der Waals surface area contributed by atoms with E-state index in [1.54, 1.807) is 12.1 Å². The van der Waals surface area contributed by atoms with Gasteiger partial charge in [0.05, 0.1) is 6.54 Å². The molecule has 1 aliphatic heterocycles. The van der Waals surface area contributed by atoms with E-state index in [1.165, 1.54) is 30.7 Å². The molecule has 0 unspecified atom stereocenters. The highest BCUT2D eigenvalue weighted by Crippen LogP contribution is 2.24. The van der Waals surface area contributed by atoms with Crippen LogP contribution in [0, 0.1) is 11.7 Å². The monoisotopic (exact) mass is 371 g/mol. The van der Waals surface area contributed by atoms with Gasteiger partial charge in [-0.1, -0.05) is 6.92 Å². The Bertz CT molecular complexity index is 726. The molecule has 0 atom stereocenters. The van der Waals surface area contributed by atoms with E-state index in [4.69, 9.17) is 4.74 Å². The van der Waals surface area contributed by atoms with Crippen LogP contribution in [-0.2, 0) is 0 Å². The summed E-state index contributed by atoms with van der Waals surface area (Å²) in [4.78, 5) is 14.3. The van der Waals surface area contributed by atoms with E-state index in [0.717, 1.165) is 24.7 Å². The standard InChI is InChI=1S/C21H26FN3O2/c1-16-10-13-25(14-11-16)19-6-4-18(5-7-19)24-21(26)23-12-15-27-20-8-2-17(22)3-9-20/h2-9,16H,10-15H2,1H3,(H2,23,24,26). The van der Waals surface area contributed by atoms with Crippen molar-refractivity contribution in [2.45, 2.75) is 19.8 Å². The zero-order valence-electron chi connectivity index (χ0n) is 15.6. The third-order valence-corrected chi connectivity index (χ3v) is 4.74. The molecule has 2 amide bonds. The van der Waals surface area contributed by atoms with Gasteiger partial charge in [0.1, 0.15) is 18.2 Å². The Morgan fingerprint density at radius 2 is 1.78 bits per heavy atom. The Hall–Kier alpha value is -2.76. The Morgan fingerprint density at radius 3 is 2.44 bits per heavy atom. The fraction of sp³-hybridized carbons (Fsp3) is 0.381. The van der Waals surface area contributed by atoms with Crippen LogP contribution in [-0.4, -0.2) is 32.3 Å². The molecule has 1 saturated heterocycles. The molecule has 2 aromatic rings. The molecule has 144 valence electrons. The van der Waals surface area contributed by atoms with Crippen LogP contribution in [0.3, 0.4) is 0 Å². The van der Waals surface area contributed by atoms with E-state index in [9.17, 15) is 9.18 Å². The first-order chi connectivity index (χ1) is 13.1.